The quantitative estimate of drug-likeness (QED) is 0.906. The zero-order valence-corrected chi connectivity index (χ0v) is 11.2. The molecule has 1 N–H and O–H groups in total. The number of alkyl halides is 3. The van der Waals surface area contributed by atoms with Crippen molar-refractivity contribution in [3.63, 3.8) is 0 Å². The molecular formula is C12H17F3N4O. The normalized spacial score (nSPS) is 20.2. The Bertz CT molecular complexity index is 441. The summed E-state index contributed by atoms with van der Waals surface area (Å²) >= 11 is 0. The molecular weight excluding hydrogens is 273 g/mol. The van der Waals surface area contributed by atoms with Gasteiger partial charge < -0.3 is 15.0 Å². The first-order valence-electron chi connectivity index (χ1n) is 6.47. The van der Waals surface area contributed by atoms with Crippen molar-refractivity contribution in [2.45, 2.75) is 19.1 Å². The van der Waals surface area contributed by atoms with Crippen molar-refractivity contribution in [1.82, 2.24) is 15.3 Å². The van der Waals surface area contributed by atoms with Crippen LogP contribution in [0.25, 0.3) is 0 Å². The number of hydrogen-bond acceptors (Lipinski definition) is 5. The Labute approximate surface area is 115 Å². The third-order valence-corrected chi connectivity index (χ3v) is 3.05. The maximum absolute atomic E-state index is 12.7. The zero-order valence-electron chi connectivity index (χ0n) is 11.2. The van der Waals surface area contributed by atoms with E-state index >= 15 is 0 Å². The fraction of sp³-hybridized carbons (Fsp3) is 0.667. The molecule has 8 heteroatoms. The molecule has 0 aromatic carbocycles. The van der Waals surface area contributed by atoms with Crippen LogP contribution in [0.3, 0.4) is 0 Å². The van der Waals surface area contributed by atoms with Crippen molar-refractivity contribution in [3.05, 3.63) is 18.0 Å². The Morgan fingerprint density at radius 1 is 1.50 bits per heavy atom. The van der Waals surface area contributed by atoms with Gasteiger partial charge in [0.05, 0.1) is 19.3 Å². The predicted molar refractivity (Wildman–Crippen MR) is 67.5 cm³/mol. The lowest BCUT2D eigenvalue weighted by Gasteiger charge is -2.35. The summed E-state index contributed by atoms with van der Waals surface area (Å²) in [4.78, 5) is 9.36. The number of halogens is 3. The van der Waals surface area contributed by atoms with Gasteiger partial charge in [-0.15, -0.1) is 0 Å². The molecule has 1 aliphatic rings. The molecule has 0 amide bonds. The number of morpholine rings is 1. The third-order valence-electron chi connectivity index (χ3n) is 3.05. The third kappa shape index (κ3) is 3.57. The van der Waals surface area contributed by atoms with Crippen LogP contribution in [0.2, 0.25) is 0 Å². The van der Waals surface area contributed by atoms with Crippen molar-refractivity contribution in [1.29, 1.82) is 0 Å². The minimum Gasteiger partial charge on any atom is -0.377 e. The van der Waals surface area contributed by atoms with Crippen LogP contribution in [0.1, 0.15) is 12.6 Å². The van der Waals surface area contributed by atoms with Gasteiger partial charge in [-0.05, 0) is 12.6 Å². The highest BCUT2D eigenvalue weighted by atomic mass is 19.4. The molecule has 1 aromatic heterocycles. The second-order valence-electron chi connectivity index (χ2n) is 4.47. The standard InChI is InChI=1S/C12H17F3N4O/c1-2-16-7-9-8-20-6-5-19(9)11-17-4-3-10(18-11)12(13,14)15/h3-4,9,16H,2,5-8H2,1H3. The highest BCUT2D eigenvalue weighted by Gasteiger charge is 2.34. The van der Waals surface area contributed by atoms with Gasteiger partial charge in [-0.1, -0.05) is 6.92 Å². The van der Waals surface area contributed by atoms with E-state index in [9.17, 15) is 13.2 Å². The van der Waals surface area contributed by atoms with Crippen molar-refractivity contribution in [3.8, 4) is 0 Å². The molecule has 20 heavy (non-hydrogen) atoms. The largest absolute Gasteiger partial charge is 0.433 e. The molecule has 5 nitrogen and oxygen atoms in total. The second kappa shape index (κ2) is 6.36. The summed E-state index contributed by atoms with van der Waals surface area (Å²) in [5, 5.41) is 3.16. The van der Waals surface area contributed by atoms with Gasteiger partial charge in [0, 0.05) is 19.3 Å². The Morgan fingerprint density at radius 3 is 3.00 bits per heavy atom. The number of nitrogens with zero attached hydrogens (tertiary/aromatic N) is 3. The fourth-order valence-corrected chi connectivity index (χ4v) is 2.04. The number of ether oxygens (including phenoxy) is 1. The summed E-state index contributed by atoms with van der Waals surface area (Å²) < 4.78 is 43.4. The monoisotopic (exact) mass is 290 g/mol. The summed E-state index contributed by atoms with van der Waals surface area (Å²) in [6.45, 7) is 4.77. The number of nitrogens with one attached hydrogen (secondary N) is 1. The molecule has 1 fully saturated rings. The van der Waals surface area contributed by atoms with Gasteiger partial charge in [0.15, 0.2) is 0 Å². The van der Waals surface area contributed by atoms with Crippen LogP contribution < -0.4 is 10.2 Å². The molecule has 2 rings (SSSR count). The lowest BCUT2D eigenvalue weighted by atomic mass is 10.2. The first-order valence-corrected chi connectivity index (χ1v) is 6.47. The van der Waals surface area contributed by atoms with Crippen LogP contribution in [0.5, 0.6) is 0 Å². The summed E-state index contributed by atoms with van der Waals surface area (Å²) in [5.74, 6) is 0.103. The van der Waals surface area contributed by atoms with Crippen LogP contribution in [-0.4, -0.2) is 48.9 Å². The lowest BCUT2D eigenvalue weighted by molar-refractivity contribution is -0.141. The van der Waals surface area contributed by atoms with Crippen LogP contribution in [-0.2, 0) is 10.9 Å². The minimum atomic E-state index is -4.46. The van der Waals surface area contributed by atoms with Gasteiger partial charge >= 0.3 is 6.18 Å². The van der Waals surface area contributed by atoms with Crippen molar-refractivity contribution in [2.24, 2.45) is 0 Å². The molecule has 0 bridgehead atoms. The van der Waals surface area contributed by atoms with E-state index in [4.69, 9.17) is 4.74 Å². The van der Waals surface area contributed by atoms with Gasteiger partial charge in [-0.25, -0.2) is 9.97 Å². The molecule has 2 heterocycles. The van der Waals surface area contributed by atoms with E-state index in [0.717, 1.165) is 18.8 Å². The molecule has 0 spiro atoms. The molecule has 1 unspecified atom stereocenters. The van der Waals surface area contributed by atoms with Gasteiger partial charge in [-0.3, -0.25) is 0 Å². The number of likely N-dealkylation sites (N-methyl/N-ethyl adjacent to an activating group) is 1. The van der Waals surface area contributed by atoms with Gasteiger partial charge in [0.2, 0.25) is 5.95 Å². The molecule has 1 aliphatic heterocycles. The predicted octanol–water partition coefficient (Wildman–Crippen LogP) is 1.31. The molecule has 0 saturated carbocycles. The highest BCUT2D eigenvalue weighted by molar-refractivity contribution is 5.33. The van der Waals surface area contributed by atoms with Gasteiger partial charge in [0.1, 0.15) is 5.69 Å². The van der Waals surface area contributed by atoms with Gasteiger partial charge in [0.25, 0.3) is 0 Å². The Balaban J connectivity index is 2.19. The zero-order chi connectivity index (χ0) is 14.6. The van der Waals surface area contributed by atoms with Crippen LogP contribution in [0.4, 0.5) is 19.1 Å². The van der Waals surface area contributed by atoms with E-state index in [0.29, 0.717) is 26.3 Å². The molecule has 1 atom stereocenters. The average molecular weight is 290 g/mol. The van der Waals surface area contributed by atoms with Crippen molar-refractivity contribution >= 4 is 5.95 Å². The first kappa shape index (κ1) is 15.0. The summed E-state index contributed by atoms with van der Waals surface area (Å²) in [7, 11) is 0. The van der Waals surface area contributed by atoms with E-state index < -0.39 is 11.9 Å². The topological polar surface area (TPSA) is 50.3 Å². The van der Waals surface area contributed by atoms with Gasteiger partial charge in [-0.2, -0.15) is 13.2 Å². The molecule has 0 radical (unpaired) electrons. The number of aromatic nitrogens is 2. The van der Waals surface area contributed by atoms with Crippen LogP contribution >= 0.6 is 0 Å². The Hall–Kier alpha value is -1.41. The van der Waals surface area contributed by atoms with E-state index in [1.54, 1.807) is 4.90 Å². The molecule has 1 saturated heterocycles. The van der Waals surface area contributed by atoms with Crippen LogP contribution in [0, 0.1) is 0 Å². The second-order valence-corrected chi connectivity index (χ2v) is 4.47. The van der Waals surface area contributed by atoms with E-state index in [2.05, 4.69) is 15.3 Å². The Kier molecular flexibility index (Phi) is 4.77. The summed E-state index contributed by atoms with van der Waals surface area (Å²) in [6, 6.07) is 0.815. The minimum absolute atomic E-state index is 0.0628. The van der Waals surface area contributed by atoms with Crippen molar-refractivity contribution < 1.29 is 17.9 Å². The maximum Gasteiger partial charge on any atom is 0.433 e. The van der Waals surface area contributed by atoms with E-state index in [-0.39, 0.29) is 12.0 Å². The van der Waals surface area contributed by atoms with Crippen molar-refractivity contribution in [2.75, 3.05) is 37.7 Å². The fourth-order valence-electron chi connectivity index (χ4n) is 2.04. The molecule has 112 valence electrons. The number of hydrogen-bond donors (Lipinski definition) is 1. The van der Waals surface area contributed by atoms with E-state index in [1.807, 2.05) is 6.92 Å². The molecule has 1 aromatic rings. The van der Waals surface area contributed by atoms with Crippen LogP contribution in [0.15, 0.2) is 12.3 Å². The average Bonchev–Trinajstić information content (AvgIpc) is 2.45. The first-order chi connectivity index (χ1) is 9.52. The Morgan fingerprint density at radius 2 is 2.30 bits per heavy atom. The number of anilines is 1. The smallest absolute Gasteiger partial charge is 0.377 e. The van der Waals surface area contributed by atoms with E-state index in [1.165, 1.54) is 0 Å². The highest BCUT2D eigenvalue weighted by Crippen LogP contribution is 2.28. The maximum atomic E-state index is 12.7. The lowest BCUT2D eigenvalue weighted by Crippen LogP contribution is -2.51. The number of rotatable bonds is 4. The summed E-state index contributed by atoms with van der Waals surface area (Å²) in [6.07, 6.45) is -3.31. The summed E-state index contributed by atoms with van der Waals surface area (Å²) in [5.41, 5.74) is -0.920. The SMILES string of the molecule is CCNCC1COCCN1c1nccc(C(F)(F)F)n1. The molecule has 0 aliphatic carbocycles.